The van der Waals surface area contributed by atoms with Crippen LogP contribution in [0.2, 0.25) is 0 Å². The number of carbonyl (C=O) groups is 1. The summed E-state index contributed by atoms with van der Waals surface area (Å²) in [6.07, 6.45) is -1.21. The summed E-state index contributed by atoms with van der Waals surface area (Å²) in [4.78, 5) is 12.7. The Hall–Kier alpha value is -1.98. The Morgan fingerprint density at radius 1 is 1.21 bits per heavy atom. The monoisotopic (exact) mass is 623 g/mol. The van der Waals surface area contributed by atoms with Gasteiger partial charge in [-0.05, 0) is 41.0 Å². The predicted octanol–water partition coefficient (Wildman–Crippen LogP) is 5.71. The number of allylic oxidation sites excluding steroid dienone is 2. The van der Waals surface area contributed by atoms with Gasteiger partial charge in [-0.25, -0.2) is 8.42 Å². The maximum Gasteiger partial charge on any atom is 0.417 e. The van der Waals surface area contributed by atoms with Gasteiger partial charge in [0.1, 0.15) is 0 Å². The van der Waals surface area contributed by atoms with Crippen molar-refractivity contribution in [3.63, 3.8) is 0 Å². The van der Waals surface area contributed by atoms with Crippen LogP contribution in [0.15, 0.2) is 64.5 Å². The first-order valence-electron chi connectivity index (χ1n) is 10.2. The Balaban J connectivity index is 1.70. The molecule has 0 saturated carbocycles. The van der Waals surface area contributed by atoms with E-state index < -0.39 is 48.3 Å². The number of hydrogen-bond acceptors (Lipinski definition) is 3. The maximum atomic E-state index is 13.6. The Labute approximate surface area is 211 Å². The molecule has 3 rings (SSSR count). The van der Waals surface area contributed by atoms with Crippen LogP contribution < -0.4 is 5.32 Å². The number of halogens is 5. The zero-order valence-electron chi connectivity index (χ0n) is 18.1. The summed E-state index contributed by atoms with van der Waals surface area (Å²) in [6, 6.07) is 9.82. The van der Waals surface area contributed by atoms with Crippen LogP contribution in [-0.4, -0.2) is 30.6 Å². The van der Waals surface area contributed by atoms with Gasteiger partial charge in [-0.2, -0.15) is 13.2 Å². The molecule has 0 spiro atoms. The van der Waals surface area contributed by atoms with E-state index in [1.54, 1.807) is 31.2 Å². The van der Waals surface area contributed by atoms with Crippen LogP contribution in [0.1, 0.15) is 30.0 Å². The van der Waals surface area contributed by atoms with Crippen LogP contribution >= 0.6 is 32.3 Å². The molecule has 0 aliphatic heterocycles. The second kappa shape index (κ2) is 10.7. The highest BCUT2D eigenvalue weighted by Gasteiger charge is 2.35. The van der Waals surface area contributed by atoms with Gasteiger partial charge in [0.25, 0.3) is 0 Å². The van der Waals surface area contributed by atoms with Gasteiger partial charge in [0.05, 0.1) is 28.7 Å². The van der Waals surface area contributed by atoms with Crippen molar-refractivity contribution in [2.75, 3.05) is 5.75 Å². The van der Waals surface area contributed by atoms with Gasteiger partial charge in [-0.15, -0.1) is 0 Å². The van der Waals surface area contributed by atoms with Crippen LogP contribution in [0.5, 0.6) is 0 Å². The van der Waals surface area contributed by atoms with E-state index in [2.05, 4.69) is 9.83 Å². The summed E-state index contributed by atoms with van der Waals surface area (Å²) in [6.45, 7) is 1.56. The minimum absolute atomic E-state index is 0.00172. The van der Waals surface area contributed by atoms with Crippen LogP contribution in [0.3, 0.4) is 0 Å². The van der Waals surface area contributed by atoms with Gasteiger partial charge in [-0.1, -0.05) is 74.1 Å². The van der Waals surface area contributed by atoms with Crippen molar-refractivity contribution >= 4 is 58.2 Å². The molecule has 0 fully saturated rings. The topological polar surface area (TPSA) is 63.2 Å². The van der Waals surface area contributed by atoms with Crippen molar-refractivity contribution in [1.29, 1.82) is 0 Å². The van der Waals surface area contributed by atoms with E-state index in [9.17, 15) is 26.4 Å². The van der Waals surface area contributed by atoms with Crippen molar-refractivity contribution in [2.24, 2.45) is 0 Å². The quantitative estimate of drug-likeness (QED) is 0.402. The molecule has 182 valence electrons. The summed E-state index contributed by atoms with van der Waals surface area (Å²) in [7, 11) is -3.32. The van der Waals surface area contributed by atoms with Gasteiger partial charge < -0.3 is 5.32 Å². The molecule has 0 heterocycles. The van der Waals surface area contributed by atoms with Gasteiger partial charge in [0.2, 0.25) is 5.91 Å². The highest BCUT2D eigenvalue weighted by Crippen LogP contribution is 2.40. The molecule has 2 aromatic carbocycles. The zero-order valence-corrected chi connectivity index (χ0v) is 21.9. The van der Waals surface area contributed by atoms with Gasteiger partial charge in [0.15, 0.2) is 9.84 Å². The second-order valence-electron chi connectivity index (χ2n) is 7.60. The van der Waals surface area contributed by atoms with Crippen LogP contribution in [-0.2, 0) is 27.2 Å². The SMILES string of the molecule is C=Ic1ccc(C2=C(Cl)CC(NC(=O)Cc3ccc(S(=O)(=O)CC)cc3)C=C2)c(C(F)(F)F)c1. The van der Waals surface area contributed by atoms with E-state index in [1.807, 2.05) is 0 Å². The van der Waals surface area contributed by atoms with E-state index in [1.165, 1.54) is 24.3 Å². The lowest BCUT2D eigenvalue weighted by Gasteiger charge is -2.22. The summed E-state index contributed by atoms with van der Waals surface area (Å²) in [5, 5.41) is 3.03. The molecule has 1 amide bonds. The lowest BCUT2D eigenvalue weighted by Crippen LogP contribution is -2.35. The normalized spacial score (nSPS) is 16.6. The van der Waals surface area contributed by atoms with Gasteiger partial charge in [0, 0.05) is 15.0 Å². The van der Waals surface area contributed by atoms with E-state index in [0.717, 1.165) is 6.07 Å². The molecule has 2 aromatic rings. The zero-order chi connectivity index (χ0) is 25.1. The molecule has 0 saturated heterocycles. The standard InChI is InChI=1S/C24H22ClF3INO3S/c1-3-34(32,33)18-8-4-15(5-9-18)12-23(31)30-17-7-11-20(22(25)14-17)19-10-6-16(29-2)13-21(19)24(26,27)28/h4-11,13,17H,2-3,12,14H2,1H3,(H,30,31). The van der Waals surface area contributed by atoms with Crippen LogP contribution in [0.4, 0.5) is 13.2 Å². The molecule has 1 aliphatic carbocycles. The first-order valence-corrected chi connectivity index (χ1v) is 14.9. The summed E-state index contributed by atoms with van der Waals surface area (Å²) < 4.78 is 69.0. The first-order chi connectivity index (χ1) is 15.9. The van der Waals surface area contributed by atoms with Gasteiger partial charge in [-0.3, -0.25) is 4.79 Å². The fraction of sp³-hybridized carbons (Fsp3) is 0.250. The van der Waals surface area contributed by atoms with Crippen LogP contribution in [0.25, 0.3) is 5.57 Å². The summed E-state index contributed by atoms with van der Waals surface area (Å²) in [5.41, 5.74) is 0.169. The lowest BCUT2D eigenvalue weighted by molar-refractivity contribution is -0.137. The third-order valence-corrected chi connectivity index (χ3v) is 8.95. The number of sulfone groups is 1. The van der Waals surface area contributed by atoms with E-state index >= 15 is 0 Å². The molecule has 0 bridgehead atoms. The van der Waals surface area contributed by atoms with Crippen molar-refractivity contribution in [2.45, 2.75) is 36.9 Å². The number of amides is 1. The predicted molar refractivity (Wildman–Crippen MR) is 138 cm³/mol. The molecule has 10 heteroatoms. The number of benzene rings is 2. The molecule has 1 aliphatic rings. The third kappa shape index (κ3) is 6.37. The van der Waals surface area contributed by atoms with E-state index in [4.69, 9.17) is 11.6 Å². The maximum absolute atomic E-state index is 13.6. The average Bonchev–Trinajstić information content (AvgIpc) is 2.78. The largest absolute Gasteiger partial charge is 0.417 e. The second-order valence-corrected chi connectivity index (χ2v) is 12.3. The molecule has 1 unspecified atom stereocenters. The third-order valence-electron chi connectivity index (χ3n) is 5.29. The smallest absolute Gasteiger partial charge is 0.349 e. The number of alkyl halides is 3. The van der Waals surface area contributed by atoms with E-state index in [0.29, 0.717) is 9.13 Å². The highest BCUT2D eigenvalue weighted by molar-refractivity contribution is 14.2. The number of carbonyl (C=O) groups excluding carboxylic acids is 1. The number of nitrogens with one attached hydrogen (secondary N) is 1. The Morgan fingerprint density at radius 2 is 1.88 bits per heavy atom. The molecule has 0 aromatic heterocycles. The molecular weight excluding hydrogens is 602 g/mol. The van der Waals surface area contributed by atoms with Crippen molar-refractivity contribution in [1.82, 2.24) is 5.32 Å². The lowest BCUT2D eigenvalue weighted by atomic mass is 9.93. The molecule has 34 heavy (non-hydrogen) atoms. The minimum atomic E-state index is -4.53. The molecule has 1 atom stereocenters. The minimum Gasteiger partial charge on any atom is -0.349 e. The Morgan fingerprint density at radius 3 is 2.44 bits per heavy atom. The van der Waals surface area contributed by atoms with Crippen molar-refractivity contribution < 1.29 is 26.4 Å². The molecule has 0 radical (unpaired) electrons. The summed E-state index contributed by atoms with van der Waals surface area (Å²) in [5.74, 6) is -0.323. The van der Waals surface area contributed by atoms with Gasteiger partial charge >= 0.3 is 6.18 Å². The molecular formula is C24H22ClF3INO3S. The fourth-order valence-electron chi connectivity index (χ4n) is 3.50. The fourth-order valence-corrected chi connectivity index (χ4v) is 5.68. The van der Waals surface area contributed by atoms with Crippen molar-refractivity contribution in [3.05, 3.63) is 79.9 Å². The Kier molecular flexibility index (Phi) is 8.41. The van der Waals surface area contributed by atoms with Crippen molar-refractivity contribution in [3.8, 4) is 0 Å². The molecule has 1 N–H and O–H groups in total. The van der Waals surface area contributed by atoms with E-state index in [-0.39, 0.29) is 45.6 Å². The number of hydrogen-bond donors (Lipinski definition) is 1. The summed E-state index contributed by atoms with van der Waals surface area (Å²) >= 11 is 5.63. The Bertz CT molecular complexity index is 1270. The first kappa shape index (κ1) is 26.6. The van der Waals surface area contributed by atoms with Crippen LogP contribution in [0, 0.1) is 3.57 Å². The highest BCUT2D eigenvalue weighted by atomic mass is 127. The number of rotatable bonds is 7. The average molecular weight is 624 g/mol. The molecule has 4 nitrogen and oxygen atoms in total.